The molecule has 1 aromatic rings. The van der Waals surface area contributed by atoms with Gasteiger partial charge in [-0.1, -0.05) is 37.5 Å². The first-order valence-electron chi connectivity index (χ1n) is 11.0. The maximum Gasteiger partial charge on any atom is 0.247 e. The van der Waals surface area contributed by atoms with Crippen LogP contribution in [0.4, 0.5) is 5.69 Å². The summed E-state index contributed by atoms with van der Waals surface area (Å²) in [6.07, 6.45) is 7.67. The Kier molecular flexibility index (Phi) is 4.70. The van der Waals surface area contributed by atoms with E-state index >= 15 is 0 Å². The van der Waals surface area contributed by atoms with E-state index in [9.17, 15) is 18.0 Å². The lowest BCUT2D eigenvalue weighted by atomic mass is 9.69. The van der Waals surface area contributed by atoms with Crippen LogP contribution in [-0.2, 0) is 25.0 Å². The molecule has 0 bridgehead atoms. The molecular weight excluding hydrogens is 402 g/mol. The number of piperazine rings is 1. The molecule has 1 unspecified atom stereocenters. The van der Waals surface area contributed by atoms with Gasteiger partial charge in [-0.25, -0.2) is 12.7 Å². The van der Waals surface area contributed by atoms with Gasteiger partial charge in [-0.2, -0.15) is 0 Å². The summed E-state index contributed by atoms with van der Waals surface area (Å²) in [5.41, 5.74) is 1.34. The van der Waals surface area contributed by atoms with Crippen molar-refractivity contribution in [1.82, 2.24) is 9.21 Å². The van der Waals surface area contributed by atoms with Crippen LogP contribution in [0.5, 0.6) is 0 Å². The van der Waals surface area contributed by atoms with E-state index in [1.54, 1.807) is 4.90 Å². The normalized spacial score (nSPS) is 27.4. The van der Waals surface area contributed by atoms with E-state index in [-0.39, 0.29) is 24.4 Å². The van der Waals surface area contributed by atoms with Gasteiger partial charge < -0.3 is 4.90 Å². The van der Waals surface area contributed by atoms with Gasteiger partial charge in [0, 0.05) is 30.2 Å². The van der Waals surface area contributed by atoms with Crippen LogP contribution >= 0.6 is 0 Å². The Morgan fingerprint density at radius 1 is 1.00 bits per heavy atom. The van der Waals surface area contributed by atoms with Crippen LogP contribution in [0.2, 0.25) is 0 Å². The van der Waals surface area contributed by atoms with Crippen LogP contribution in [0.3, 0.4) is 0 Å². The van der Waals surface area contributed by atoms with Crippen LogP contribution in [0.15, 0.2) is 24.3 Å². The Morgan fingerprint density at radius 2 is 1.67 bits per heavy atom. The molecule has 8 heteroatoms. The van der Waals surface area contributed by atoms with E-state index in [0.29, 0.717) is 25.9 Å². The Morgan fingerprint density at radius 3 is 2.33 bits per heavy atom. The largest absolute Gasteiger partial charge is 0.329 e. The monoisotopic (exact) mass is 431 g/mol. The van der Waals surface area contributed by atoms with Crippen molar-refractivity contribution in [1.29, 1.82) is 0 Å². The predicted octanol–water partition coefficient (Wildman–Crippen LogP) is 1.87. The second kappa shape index (κ2) is 7.05. The molecule has 4 aliphatic rings. The van der Waals surface area contributed by atoms with E-state index < -0.39 is 21.5 Å². The van der Waals surface area contributed by atoms with Crippen LogP contribution in [0.25, 0.3) is 0 Å². The smallest absolute Gasteiger partial charge is 0.247 e. The molecule has 2 amide bonds. The second-order valence-corrected chi connectivity index (χ2v) is 11.2. The molecule has 1 spiro atoms. The molecule has 3 aliphatic heterocycles. The molecule has 3 heterocycles. The van der Waals surface area contributed by atoms with Crippen molar-refractivity contribution in [3.8, 4) is 0 Å². The molecule has 1 aliphatic carbocycles. The Hall–Kier alpha value is -1.93. The summed E-state index contributed by atoms with van der Waals surface area (Å²) in [5, 5.41) is 0. The summed E-state index contributed by atoms with van der Waals surface area (Å²) in [6.45, 7) is 0.907. The first-order valence-corrected chi connectivity index (χ1v) is 12.8. The van der Waals surface area contributed by atoms with Crippen molar-refractivity contribution in [2.24, 2.45) is 0 Å². The van der Waals surface area contributed by atoms with Crippen LogP contribution in [0, 0.1) is 0 Å². The molecule has 1 aromatic carbocycles. The molecular formula is C22H29N3O4S. The van der Waals surface area contributed by atoms with Crippen LogP contribution in [-0.4, -0.2) is 67.4 Å². The number of fused-ring (bicyclic) bond motifs is 5. The Bertz CT molecular complexity index is 978. The third-order valence-electron chi connectivity index (χ3n) is 7.67. The highest BCUT2D eigenvalue weighted by atomic mass is 32.2. The predicted molar refractivity (Wildman–Crippen MR) is 114 cm³/mol. The topological polar surface area (TPSA) is 78.0 Å². The highest BCUT2D eigenvalue weighted by molar-refractivity contribution is 7.88. The van der Waals surface area contributed by atoms with Crippen molar-refractivity contribution in [2.45, 2.75) is 62.4 Å². The number of hydrogen-bond acceptors (Lipinski definition) is 4. The number of carbonyl (C=O) groups excluding carboxylic acids is 2. The molecule has 1 atom stereocenters. The molecule has 0 radical (unpaired) electrons. The number of nitrogens with zero attached hydrogens (tertiary/aromatic N) is 3. The fraction of sp³-hybridized carbons (Fsp3) is 0.636. The first-order chi connectivity index (χ1) is 14.3. The van der Waals surface area contributed by atoms with Gasteiger partial charge in [0.05, 0.1) is 6.26 Å². The number of para-hydroxylation sites is 1. The fourth-order valence-electron chi connectivity index (χ4n) is 6.18. The van der Waals surface area contributed by atoms with Gasteiger partial charge in [0.25, 0.3) is 0 Å². The lowest BCUT2D eigenvalue weighted by molar-refractivity contribution is -0.146. The second-order valence-electron chi connectivity index (χ2n) is 9.26. The van der Waals surface area contributed by atoms with Gasteiger partial charge >= 0.3 is 0 Å². The Balaban J connectivity index is 1.55. The zero-order valence-electron chi connectivity index (χ0n) is 17.4. The average molecular weight is 432 g/mol. The van der Waals surface area contributed by atoms with Gasteiger partial charge in [-0.15, -0.1) is 0 Å². The van der Waals surface area contributed by atoms with Crippen LogP contribution in [0.1, 0.15) is 50.5 Å². The van der Waals surface area contributed by atoms with Crippen molar-refractivity contribution in [2.75, 3.05) is 30.8 Å². The van der Waals surface area contributed by atoms with Crippen molar-refractivity contribution < 1.29 is 18.0 Å². The fourth-order valence-corrected chi connectivity index (χ4v) is 7.03. The van der Waals surface area contributed by atoms with Gasteiger partial charge in [-0.3, -0.25) is 14.5 Å². The number of sulfonamides is 1. The summed E-state index contributed by atoms with van der Waals surface area (Å²) in [7, 11) is -3.27. The minimum atomic E-state index is -3.27. The molecule has 3 fully saturated rings. The highest BCUT2D eigenvalue weighted by Crippen LogP contribution is 2.53. The molecule has 1 saturated carbocycles. The third kappa shape index (κ3) is 2.91. The minimum absolute atomic E-state index is 0.0139. The molecule has 5 rings (SSSR count). The summed E-state index contributed by atoms with van der Waals surface area (Å²) in [6, 6.07) is 7.41. The summed E-state index contributed by atoms with van der Waals surface area (Å²) >= 11 is 0. The van der Waals surface area contributed by atoms with Gasteiger partial charge in [0.15, 0.2) is 0 Å². The van der Waals surface area contributed by atoms with Crippen molar-refractivity contribution in [3.63, 3.8) is 0 Å². The SMILES string of the molecule is CS(=O)(=O)N1CCC2(CC1)c1ccccc1N1C(=O)CN(C3CCCCC3)C(=O)C12. The van der Waals surface area contributed by atoms with E-state index in [1.807, 2.05) is 29.2 Å². The first kappa shape index (κ1) is 20.0. The number of anilines is 1. The molecule has 7 nitrogen and oxygen atoms in total. The highest BCUT2D eigenvalue weighted by Gasteiger charge is 2.60. The van der Waals surface area contributed by atoms with Crippen molar-refractivity contribution in [3.05, 3.63) is 29.8 Å². The summed E-state index contributed by atoms with van der Waals surface area (Å²) < 4.78 is 25.7. The number of piperidine rings is 1. The Labute approximate surface area is 178 Å². The standard InChI is InChI=1S/C22H29N3O4S/c1-30(28,29)23-13-11-22(12-14-23)17-9-5-6-10-18(17)25-19(26)15-24(21(27)20(22)25)16-7-3-2-4-8-16/h5-6,9-10,16,20H,2-4,7-8,11-15H2,1H3. The molecule has 162 valence electrons. The zero-order valence-corrected chi connectivity index (χ0v) is 18.2. The van der Waals surface area contributed by atoms with E-state index in [1.165, 1.54) is 17.0 Å². The van der Waals surface area contributed by atoms with Gasteiger partial charge in [0.1, 0.15) is 12.6 Å². The van der Waals surface area contributed by atoms with E-state index in [0.717, 1.165) is 36.9 Å². The maximum absolute atomic E-state index is 13.9. The zero-order chi connectivity index (χ0) is 21.1. The molecule has 30 heavy (non-hydrogen) atoms. The molecule has 0 N–H and O–H groups in total. The third-order valence-corrected chi connectivity index (χ3v) is 8.98. The maximum atomic E-state index is 13.9. The van der Waals surface area contributed by atoms with Gasteiger partial charge in [-0.05, 0) is 37.3 Å². The lowest BCUT2D eigenvalue weighted by Gasteiger charge is -2.48. The number of hydrogen-bond donors (Lipinski definition) is 0. The summed E-state index contributed by atoms with van der Waals surface area (Å²) in [4.78, 5) is 30.8. The number of carbonyl (C=O) groups is 2. The van der Waals surface area contributed by atoms with Gasteiger partial charge in [0.2, 0.25) is 21.8 Å². The number of amides is 2. The molecule has 2 saturated heterocycles. The quantitative estimate of drug-likeness (QED) is 0.716. The minimum Gasteiger partial charge on any atom is -0.329 e. The number of rotatable bonds is 2. The van der Waals surface area contributed by atoms with Crippen LogP contribution < -0.4 is 4.90 Å². The van der Waals surface area contributed by atoms with E-state index in [2.05, 4.69) is 0 Å². The van der Waals surface area contributed by atoms with E-state index in [4.69, 9.17) is 0 Å². The average Bonchev–Trinajstić information content (AvgIpc) is 3.02. The number of benzene rings is 1. The molecule has 0 aromatic heterocycles. The lowest BCUT2D eigenvalue weighted by Crippen LogP contribution is -2.67. The van der Waals surface area contributed by atoms with Crippen molar-refractivity contribution >= 4 is 27.5 Å². The summed E-state index contributed by atoms with van der Waals surface area (Å²) in [5.74, 6) is 0.0329.